The van der Waals surface area contributed by atoms with Crippen molar-refractivity contribution in [2.45, 2.75) is 32.6 Å². The van der Waals surface area contributed by atoms with Gasteiger partial charge in [0.1, 0.15) is 11.5 Å². The Labute approximate surface area is 73.8 Å². The van der Waals surface area contributed by atoms with Crippen molar-refractivity contribution >= 4 is 0 Å². The van der Waals surface area contributed by atoms with E-state index in [1.165, 1.54) is 12.8 Å². The maximum Gasteiger partial charge on any atom is 0.104 e. The summed E-state index contributed by atoms with van der Waals surface area (Å²) in [6, 6.07) is 4.07. The van der Waals surface area contributed by atoms with Crippen molar-refractivity contribution in [2.24, 2.45) is 5.73 Å². The highest BCUT2D eigenvalue weighted by atomic mass is 16.3. The van der Waals surface area contributed by atoms with Gasteiger partial charge >= 0.3 is 0 Å². The van der Waals surface area contributed by atoms with Crippen LogP contribution in [0, 0.1) is 6.92 Å². The molecule has 0 aromatic carbocycles. The number of furan rings is 1. The normalized spacial score (nSPS) is 10.5. The van der Waals surface area contributed by atoms with Gasteiger partial charge in [-0.1, -0.05) is 6.42 Å². The molecule has 0 saturated carbocycles. The topological polar surface area (TPSA) is 39.2 Å². The Balaban J connectivity index is 2.15. The molecule has 0 aliphatic heterocycles. The molecule has 0 atom stereocenters. The first-order valence-corrected chi connectivity index (χ1v) is 4.58. The van der Waals surface area contributed by atoms with Gasteiger partial charge in [-0.05, 0) is 38.4 Å². The number of aryl methyl sites for hydroxylation is 2. The maximum absolute atomic E-state index is 5.43. The van der Waals surface area contributed by atoms with Gasteiger partial charge in [-0.2, -0.15) is 0 Å². The molecule has 2 nitrogen and oxygen atoms in total. The lowest BCUT2D eigenvalue weighted by Crippen LogP contribution is -1.97. The van der Waals surface area contributed by atoms with Crippen LogP contribution in [0.2, 0.25) is 0 Å². The third-order valence-electron chi connectivity index (χ3n) is 1.92. The van der Waals surface area contributed by atoms with E-state index >= 15 is 0 Å². The second-order valence-corrected chi connectivity index (χ2v) is 3.11. The molecular weight excluding hydrogens is 150 g/mol. The van der Waals surface area contributed by atoms with Gasteiger partial charge in [-0.3, -0.25) is 0 Å². The molecule has 0 fully saturated rings. The Morgan fingerprint density at radius 1 is 1.25 bits per heavy atom. The summed E-state index contributed by atoms with van der Waals surface area (Å²) in [7, 11) is 0. The van der Waals surface area contributed by atoms with Crippen molar-refractivity contribution < 1.29 is 4.42 Å². The monoisotopic (exact) mass is 167 g/mol. The summed E-state index contributed by atoms with van der Waals surface area (Å²) >= 11 is 0. The van der Waals surface area contributed by atoms with Crippen LogP contribution in [-0.2, 0) is 6.42 Å². The number of hydrogen-bond donors (Lipinski definition) is 1. The minimum Gasteiger partial charge on any atom is -0.466 e. The van der Waals surface area contributed by atoms with Crippen LogP contribution in [0.4, 0.5) is 0 Å². The van der Waals surface area contributed by atoms with E-state index in [1.54, 1.807) is 0 Å². The van der Waals surface area contributed by atoms with Crippen molar-refractivity contribution in [1.82, 2.24) is 0 Å². The summed E-state index contributed by atoms with van der Waals surface area (Å²) in [5, 5.41) is 0. The van der Waals surface area contributed by atoms with E-state index in [-0.39, 0.29) is 0 Å². The smallest absolute Gasteiger partial charge is 0.104 e. The van der Waals surface area contributed by atoms with Gasteiger partial charge in [-0.15, -0.1) is 0 Å². The first-order chi connectivity index (χ1) is 5.83. The zero-order valence-electron chi connectivity index (χ0n) is 7.68. The molecule has 2 heteroatoms. The number of rotatable bonds is 5. The highest BCUT2D eigenvalue weighted by Gasteiger charge is 1.97. The molecule has 0 saturated heterocycles. The summed E-state index contributed by atoms with van der Waals surface area (Å²) in [6.45, 7) is 2.78. The minimum atomic E-state index is 0.803. The standard InChI is InChI=1S/C10H17NO/c1-9-6-7-10(12-9)5-3-2-4-8-11/h6-7H,2-5,8,11H2,1H3. The quantitative estimate of drug-likeness (QED) is 0.683. The van der Waals surface area contributed by atoms with Crippen LogP contribution in [0.25, 0.3) is 0 Å². The summed E-state index contributed by atoms with van der Waals surface area (Å²) in [5.41, 5.74) is 5.39. The lowest BCUT2D eigenvalue weighted by atomic mass is 10.1. The Kier molecular flexibility index (Phi) is 3.88. The predicted octanol–water partition coefficient (Wildman–Crippen LogP) is 2.26. The van der Waals surface area contributed by atoms with Crippen LogP contribution in [0.5, 0.6) is 0 Å². The molecule has 1 heterocycles. The van der Waals surface area contributed by atoms with Gasteiger partial charge < -0.3 is 10.2 Å². The molecule has 0 spiro atoms. The van der Waals surface area contributed by atoms with Crippen molar-refractivity contribution in [3.05, 3.63) is 23.7 Å². The number of unbranched alkanes of at least 4 members (excludes halogenated alkanes) is 2. The summed E-state index contributed by atoms with van der Waals surface area (Å²) in [4.78, 5) is 0. The van der Waals surface area contributed by atoms with Crippen LogP contribution in [0.3, 0.4) is 0 Å². The summed E-state index contributed by atoms with van der Waals surface area (Å²) < 4.78 is 5.43. The molecule has 2 N–H and O–H groups in total. The molecule has 1 aromatic rings. The second kappa shape index (κ2) is 4.99. The van der Waals surface area contributed by atoms with E-state index in [9.17, 15) is 0 Å². The number of nitrogens with two attached hydrogens (primary N) is 1. The van der Waals surface area contributed by atoms with Crippen LogP contribution in [0.15, 0.2) is 16.5 Å². The first kappa shape index (κ1) is 9.33. The Morgan fingerprint density at radius 3 is 2.67 bits per heavy atom. The second-order valence-electron chi connectivity index (χ2n) is 3.11. The van der Waals surface area contributed by atoms with Crippen molar-refractivity contribution in [1.29, 1.82) is 0 Å². The molecule has 0 radical (unpaired) electrons. The third-order valence-corrected chi connectivity index (χ3v) is 1.92. The highest BCUT2D eigenvalue weighted by Crippen LogP contribution is 2.10. The van der Waals surface area contributed by atoms with Crippen molar-refractivity contribution in [3.63, 3.8) is 0 Å². The zero-order valence-corrected chi connectivity index (χ0v) is 7.68. The third kappa shape index (κ3) is 3.09. The van der Waals surface area contributed by atoms with Crippen LogP contribution in [0.1, 0.15) is 30.8 Å². The van der Waals surface area contributed by atoms with Gasteiger partial charge in [0.05, 0.1) is 0 Å². The fourth-order valence-electron chi connectivity index (χ4n) is 1.24. The molecular formula is C10H17NO. The molecule has 68 valence electrons. The highest BCUT2D eigenvalue weighted by molar-refractivity contribution is 5.05. The zero-order chi connectivity index (χ0) is 8.81. The van der Waals surface area contributed by atoms with E-state index in [0.29, 0.717) is 0 Å². The van der Waals surface area contributed by atoms with E-state index in [2.05, 4.69) is 6.07 Å². The van der Waals surface area contributed by atoms with Crippen molar-refractivity contribution in [2.75, 3.05) is 6.54 Å². The van der Waals surface area contributed by atoms with E-state index in [4.69, 9.17) is 10.2 Å². The molecule has 0 bridgehead atoms. The van der Waals surface area contributed by atoms with Gasteiger partial charge in [0.15, 0.2) is 0 Å². The molecule has 1 aromatic heterocycles. The van der Waals surface area contributed by atoms with Crippen LogP contribution >= 0.6 is 0 Å². The van der Waals surface area contributed by atoms with E-state index in [1.807, 2.05) is 13.0 Å². The first-order valence-electron chi connectivity index (χ1n) is 4.58. The Morgan fingerprint density at radius 2 is 2.08 bits per heavy atom. The van der Waals surface area contributed by atoms with Crippen molar-refractivity contribution in [3.8, 4) is 0 Å². The fraction of sp³-hybridized carbons (Fsp3) is 0.600. The maximum atomic E-state index is 5.43. The summed E-state index contributed by atoms with van der Waals surface area (Å²) in [6.07, 6.45) is 4.56. The SMILES string of the molecule is Cc1ccc(CCCCCN)o1. The van der Waals surface area contributed by atoms with E-state index < -0.39 is 0 Å². The number of hydrogen-bond acceptors (Lipinski definition) is 2. The molecule has 0 amide bonds. The van der Waals surface area contributed by atoms with Gasteiger partial charge in [-0.25, -0.2) is 0 Å². The van der Waals surface area contributed by atoms with Gasteiger partial charge in [0, 0.05) is 6.42 Å². The molecule has 0 aliphatic rings. The largest absolute Gasteiger partial charge is 0.466 e. The molecule has 12 heavy (non-hydrogen) atoms. The minimum absolute atomic E-state index is 0.803. The molecule has 1 rings (SSSR count). The fourth-order valence-corrected chi connectivity index (χ4v) is 1.24. The molecule has 0 aliphatic carbocycles. The van der Waals surface area contributed by atoms with Gasteiger partial charge in [0.25, 0.3) is 0 Å². The molecule has 0 unspecified atom stereocenters. The predicted molar refractivity (Wildman–Crippen MR) is 50.1 cm³/mol. The van der Waals surface area contributed by atoms with Crippen LogP contribution < -0.4 is 5.73 Å². The van der Waals surface area contributed by atoms with Gasteiger partial charge in [0.2, 0.25) is 0 Å². The van der Waals surface area contributed by atoms with E-state index in [0.717, 1.165) is 30.9 Å². The average Bonchev–Trinajstić information content (AvgIpc) is 2.45. The Hall–Kier alpha value is -0.760. The van der Waals surface area contributed by atoms with Crippen LogP contribution in [-0.4, -0.2) is 6.54 Å². The average molecular weight is 167 g/mol. The summed E-state index contributed by atoms with van der Waals surface area (Å²) in [5.74, 6) is 2.10. The Bertz CT molecular complexity index is 217. The lowest BCUT2D eigenvalue weighted by molar-refractivity contribution is 0.472. The lowest BCUT2D eigenvalue weighted by Gasteiger charge is -1.96.